The Bertz CT molecular complexity index is 579. The van der Waals surface area contributed by atoms with Crippen molar-refractivity contribution in [2.24, 2.45) is 0 Å². The Kier molecular flexibility index (Phi) is 5.34. The molecule has 1 atom stereocenters. The molecule has 0 radical (unpaired) electrons. The Labute approximate surface area is 117 Å². The van der Waals surface area contributed by atoms with Gasteiger partial charge < -0.3 is 19.3 Å². The van der Waals surface area contributed by atoms with Crippen molar-refractivity contribution in [3.05, 3.63) is 23.8 Å². The Morgan fingerprint density at radius 1 is 1.25 bits per heavy atom. The number of benzene rings is 1. The first-order valence-electron chi connectivity index (χ1n) is 5.53. The smallest absolute Gasteiger partial charge is 0.348 e. The van der Waals surface area contributed by atoms with Crippen LogP contribution in [0.5, 0.6) is 11.5 Å². The summed E-state index contributed by atoms with van der Waals surface area (Å²) in [5, 5.41) is 8.84. The van der Waals surface area contributed by atoms with Crippen LogP contribution in [0.3, 0.4) is 0 Å². The molecule has 0 aliphatic carbocycles. The van der Waals surface area contributed by atoms with Crippen LogP contribution < -0.4 is 9.47 Å². The lowest BCUT2D eigenvalue weighted by atomic mass is 10.2. The van der Waals surface area contributed by atoms with Crippen LogP contribution in [0.4, 0.5) is 0 Å². The molecule has 0 fully saturated rings. The number of hydrogen-bond acceptors (Lipinski definition) is 6. The molecule has 1 unspecified atom stereocenters. The summed E-state index contributed by atoms with van der Waals surface area (Å²) in [6, 6.07) is 4.59. The number of methoxy groups -OCH3 is 3. The number of carboxylic acid groups (broad SMARTS) is 1. The Balaban J connectivity index is 3.12. The van der Waals surface area contributed by atoms with Gasteiger partial charge in [0, 0.05) is 18.7 Å². The van der Waals surface area contributed by atoms with Crippen molar-refractivity contribution in [1.29, 1.82) is 0 Å². The standard InChI is InChI=1S/C12H16O7S/c1-17-9-5-4-8(10(6-9)18-2)7-20(15,16)12(19-3)11(13)14/h4-6,12H,7H2,1-3H3,(H,13,14). The number of aliphatic carboxylic acids is 1. The Morgan fingerprint density at radius 2 is 1.90 bits per heavy atom. The second kappa shape index (κ2) is 6.58. The molecule has 0 aliphatic heterocycles. The highest BCUT2D eigenvalue weighted by molar-refractivity contribution is 7.91. The predicted molar refractivity (Wildman–Crippen MR) is 70.6 cm³/mol. The predicted octanol–water partition coefficient (Wildman–Crippen LogP) is 0.676. The minimum Gasteiger partial charge on any atom is -0.497 e. The average molecular weight is 304 g/mol. The van der Waals surface area contributed by atoms with Gasteiger partial charge in [-0.25, -0.2) is 13.2 Å². The highest BCUT2D eigenvalue weighted by Gasteiger charge is 2.33. The van der Waals surface area contributed by atoms with Crippen LogP contribution in [0, 0.1) is 0 Å². The summed E-state index contributed by atoms with van der Waals surface area (Å²) in [7, 11) is -0.136. The maximum atomic E-state index is 12.0. The average Bonchev–Trinajstić information content (AvgIpc) is 2.38. The normalized spacial score (nSPS) is 12.8. The summed E-state index contributed by atoms with van der Waals surface area (Å²) >= 11 is 0. The minimum absolute atomic E-state index is 0.299. The number of hydrogen-bond donors (Lipinski definition) is 1. The summed E-state index contributed by atoms with van der Waals surface area (Å²) < 4.78 is 38.6. The van der Waals surface area contributed by atoms with Crippen molar-refractivity contribution in [1.82, 2.24) is 0 Å². The van der Waals surface area contributed by atoms with Crippen molar-refractivity contribution in [3.8, 4) is 11.5 Å². The van der Waals surface area contributed by atoms with Crippen LogP contribution >= 0.6 is 0 Å². The van der Waals surface area contributed by atoms with Crippen LogP contribution in [-0.4, -0.2) is 46.3 Å². The first-order valence-corrected chi connectivity index (χ1v) is 7.25. The molecule has 0 heterocycles. The fourth-order valence-electron chi connectivity index (χ4n) is 1.66. The number of carbonyl (C=O) groups is 1. The zero-order valence-corrected chi connectivity index (χ0v) is 12.1. The third kappa shape index (κ3) is 3.61. The van der Waals surface area contributed by atoms with E-state index in [1.807, 2.05) is 0 Å². The van der Waals surface area contributed by atoms with Crippen LogP contribution in [0.15, 0.2) is 18.2 Å². The van der Waals surface area contributed by atoms with Crippen molar-refractivity contribution < 1.29 is 32.5 Å². The van der Waals surface area contributed by atoms with Crippen LogP contribution in [-0.2, 0) is 25.1 Å². The molecule has 112 valence electrons. The lowest BCUT2D eigenvalue weighted by Crippen LogP contribution is -2.32. The van der Waals surface area contributed by atoms with Gasteiger partial charge in [-0.05, 0) is 6.07 Å². The van der Waals surface area contributed by atoms with Crippen molar-refractivity contribution in [3.63, 3.8) is 0 Å². The molecule has 0 amide bonds. The van der Waals surface area contributed by atoms with E-state index in [0.29, 0.717) is 17.1 Å². The molecule has 0 spiro atoms. The largest absolute Gasteiger partial charge is 0.497 e. The zero-order valence-electron chi connectivity index (χ0n) is 11.3. The maximum Gasteiger partial charge on any atom is 0.348 e. The van der Waals surface area contributed by atoms with E-state index < -0.39 is 27.0 Å². The molecular formula is C12H16O7S. The van der Waals surface area contributed by atoms with E-state index in [9.17, 15) is 13.2 Å². The van der Waals surface area contributed by atoms with E-state index >= 15 is 0 Å². The molecule has 1 rings (SSSR count). The van der Waals surface area contributed by atoms with E-state index in [0.717, 1.165) is 7.11 Å². The molecule has 8 heteroatoms. The van der Waals surface area contributed by atoms with Gasteiger partial charge in [-0.1, -0.05) is 6.07 Å². The van der Waals surface area contributed by atoms with Gasteiger partial charge in [-0.3, -0.25) is 0 Å². The molecule has 1 N–H and O–H groups in total. The molecular weight excluding hydrogens is 288 g/mol. The third-order valence-corrected chi connectivity index (χ3v) is 4.35. The fourth-order valence-corrected chi connectivity index (χ4v) is 3.09. The van der Waals surface area contributed by atoms with Crippen LogP contribution in [0.1, 0.15) is 5.56 Å². The number of sulfone groups is 1. The van der Waals surface area contributed by atoms with Gasteiger partial charge in [0.15, 0.2) is 9.84 Å². The molecule has 0 saturated carbocycles. The van der Waals surface area contributed by atoms with E-state index in [1.165, 1.54) is 26.4 Å². The maximum absolute atomic E-state index is 12.0. The summed E-state index contributed by atoms with van der Waals surface area (Å²) in [5.74, 6) is -1.26. The summed E-state index contributed by atoms with van der Waals surface area (Å²) in [5.41, 5.74) is -1.58. The van der Waals surface area contributed by atoms with E-state index in [-0.39, 0.29) is 0 Å². The van der Waals surface area contributed by atoms with Gasteiger partial charge in [0.2, 0.25) is 0 Å². The topological polar surface area (TPSA) is 99.1 Å². The van der Waals surface area contributed by atoms with Gasteiger partial charge >= 0.3 is 5.97 Å². The van der Waals surface area contributed by atoms with Crippen LogP contribution in [0.25, 0.3) is 0 Å². The molecule has 20 heavy (non-hydrogen) atoms. The first kappa shape index (κ1) is 16.3. The van der Waals surface area contributed by atoms with E-state index in [2.05, 4.69) is 4.74 Å². The molecule has 1 aromatic carbocycles. The second-order valence-electron chi connectivity index (χ2n) is 3.89. The van der Waals surface area contributed by atoms with E-state index in [4.69, 9.17) is 14.6 Å². The van der Waals surface area contributed by atoms with Gasteiger partial charge in [-0.15, -0.1) is 0 Å². The molecule has 1 aromatic rings. The number of rotatable bonds is 7. The van der Waals surface area contributed by atoms with Gasteiger partial charge in [0.05, 0.1) is 20.0 Å². The minimum atomic E-state index is -4.02. The highest BCUT2D eigenvalue weighted by atomic mass is 32.2. The summed E-state index contributed by atoms with van der Waals surface area (Å²) in [4.78, 5) is 10.9. The quantitative estimate of drug-likeness (QED) is 0.790. The van der Waals surface area contributed by atoms with E-state index in [1.54, 1.807) is 6.07 Å². The lowest BCUT2D eigenvalue weighted by Gasteiger charge is -2.14. The second-order valence-corrected chi connectivity index (χ2v) is 5.93. The van der Waals surface area contributed by atoms with Crippen molar-refractivity contribution >= 4 is 15.8 Å². The molecule has 0 saturated heterocycles. The molecule has 0 aliphatic rings. The third-order valence-electron chi connectivity index (χ3n) is 2.59. The lowest BCUT2D eigenvalue weighted by molar-refractivity contribution is -0.143. The fraction of sp³-hybridized carbons (Fsp3) is 0.417. The molecule has 7 nitrogen and oxygen atoms in total. The van der Waals surface area contributed by atoms with Crippen molar-refractivity contribution in [2.75, 3.05) is 21.3 Å². The number of carboxylic acids is 1. The molecule has 0 aromatic heterocycles. The Morgan fingerprint density at radius 3 is 2.35 bits per heavy atom. The van der Waals surface area contributed by atoms with Gasteiger partial charge in [0.1, 0.15) is 11.5 Å². The summed E-state index contributed by atoms with van der Waals surface area (Å²) in [6.45, 7) is 0. The first-order chi connectivity index (χ1) is 9.35. The Hall–Kier alpha value is -1.80. The summed E-state index contributed by atoms with van der Waals surface area (Å²) in [6.07, 6.45) is 0. The van der Waals surface area contributed by atoms with Gasteiger partial charge in [-0.2, -0.15) is 0 Å². The SMILES string of the molecule is COc1ccc(CS(=O)(=O)C(OC)C(=O)O)c(OC)c1. The van der Waals surface area contributed by atoms with Crippen molar-refractivity contribution in [2.45, 2.75) is 11.2 Å². The van der Waals surface area contributed by atoms with Crippen LogP contribution in [0.2, 0.25) is 0 Å². The van der Waals surface area contributed by atoms with Gasteiger partial charge in [0.25, 0.3) is 5.44 Å². The monoisotopic (exact) mass is 304 g/mol. The number of ether oxygens (including phenoxy) is 3. The highest BCUT2D eigenvalue weighted by Crippen LogP contribution is 2.27. The molecule has 0 bridgehead atoms. The zero-order chi connectivity index (χ0) is 15.3.